The van der Waals surface area contributed by atoms with Gasteiger partial charge >= 0.3 is 0 Å². The van der Waals surface area contributed by atoms with Gasteiger partial charge in [-0.2, -0.15) is 11.1 Å². The molecule has 1 aromatic rings. The first kappa shape index (κ1) is 13.3. The Hall–Kier alpha value is -0.733. The van der Waals surface area contributed by atoms with Gasteiger partial charge in [0.05, 0.1) is 0 Å². The molecule has 0 aromatic heterocycles. The zero-order chi connectivity index (χ0) is 12.3. The second-order valence-corrected chi connectivity index (χ2v) is 10.8. The zero-order valence-electron chi connectivity index (χ0n) is 10.4. The molecule has 16 heavy (non-hydrogen) atoms. The van der Waals surface area contributed by atoms with Gasteiger partial charge in [0.15, 0.2) is 7.38 Å². The van der Waals surface area contributed by atoms with Gasteiger partial charge in [0.2, 0.25) is 0 Å². The van der Waals surface area contributed by atoms with E-state index in [9.17, 15) is 0 Å². The van der Waals surface area contributed by atoms with Gasteiger partial charge in [-0.1, -0.05) is 43.4 Å². The molecule has 0 amide bonds. The monoisotopic (exact) mass is 254 g/mol. The van der Waals surface area contributed by atoms with Gasteiger partial charge in [-0.25, -0.2) is 0 Å². The Bertz CT molecular complexity index is 394. The first-order chi connectivity index (χ1) is 7.36. The van der Waals surface area contributed by atoms with Crippen molar-refractivity contribution in [2.75, 3.05) is 6.61 Å². The van der Waals surface area contributed by atoms with Crippen LogP contribution in [-0.2, 0) is 0 Å². The third-order valence-electron chi connectivity index (χ3n) is 2.40. The highest BCUT2D eigenvalue weighted by atomic mass is 35.6. The average molecular weight is 255 g/mol. The van der Waals surface area contributed by atoms with Crippen LogP contribution in [0.1, 0.15) is 11.1 Å². The van der Waals surface area contributed by atoms with E-state index >= 15 is 0 Å². The largest absolute Gasteiger partial charge is 0.489 e. The molecule has 0 aliphatic rings. The number of rotatable bonds is 4. The molecule has 1 nitrogen and oxygen atoms in total. The third kappa shape index (κ3) is 3.13. The van der Waals surface area contributed by atoms with E-state index < -0.39 is 7.38 Å². The highest BCUT2D eigenvalue weighted by Gasteiger charge is 2.25. The lowest BCUT2D eigenvalue weighted by Crippen LogP contribution is -2.37. The molecular formula is C13H19ClOSi. The number of aryl methyl sites for hydroxylation is 2. The quantitative estimate of drug-likeness (QED) is 0.454. The van der Waals surface area contributed by atoms with Crippen LogP contribution in [0, 0.1) is 13.8 Å². The Morgan fingerprint density at radius 3 is 2.50 bits per heavy atom. The molecule has 0 N–H and O–H groups in total. The second-order valence-electron chi connectivity index (χ2n) is 4.53. The normalized spacial score (nSPS) is 11.3. The Morgan fingerprint density at radius 1 is 1.38 bits per heavy atom. The first-order valence-electron chi connectivity index (χ1n) is 5.40. The highest BCUT2D eigenvalue weighted by Crippen LogP contribution is 2.23. The van der Waals surface area contributed by atoms with Crippen LogP contribution in [-0.4, -0.2) is 14.0 Å². The molecule has 0 spiro atoms. The summed E-state index contributed by atoms with van der Waals surface area (Å²) in [4.78, 5) is 0. The number of ether oxygens (including phenoxy) is 1. The topological polar surface area (TPSA) is 9.23 Å². The van der Waals surface area contributed by atoms with Crippen molar-refractivity contribution >= 4 is 23.6 Å². The van der Waals surface area contributed by atoms with Gasteiger partial charge in [0, 0.05) is 0 Å². The molecule has 0 aliphatic carbocycles. The molecule has 0 unspecified atom stereocenters. The van der Waals surface area contributed by atoms with Crippen molar-refractivity contribution in [2.45, 2.75) is 26.9 Å². The van der Waals surface area contributed by atoms with E-state index in [1.54, 1.807) is 6.08 Å². The number of halogens is 1. The number of hydrogen-bond donors (Lipinski definition) is 0. The average Bonchev–Trinajstić information content (AvgIpc) is 2.14. The van der Waals surface area contributed by atoms with Crippen LogP contribution >= 0.6 is 11.1 Å². The van der Waals surface area contributed by atoms with Gasteiger partial charge in [-0.3, -0.25) is 0 Å². The first-order valence-corrected chi connectivity index (χ1v) is 9.41. The minimum Gasteiger partial charge on any atom is -0.489 e. The van der Waals surface area contributed by atoms with Crippen LogP contribution in [0.3, 0.4) is 0 Å². The molecule has 0 saturated carbocycles. The molecule has 0 radical (unpaired) electrons. The van der Waals surface area contributed by atoms with Gasteiger partial charge in [0.25, 0.3) is 0 Å². The van der Waals surface area contributed by atoms with Gasteiger partial charge < -0.3 is 4.74 Å². The fourth-order valence-electron chi connectivity index (χ4n) is 1.73. The summed E-state index contributed by atoms with van der Waals surface area (Å²) in [6, 6.07) is 4.27. The molecule has 0 atom stereocenters. The molecule has 1 aromatic carbocycles. The number of hydrogen-bond acceptors (Lipinski definition) is 1. The fourth-order valence-corrected chi connectivity index (χ4v) is 3.53. The van der Waals surface area contributed by atoms with Gasteiger partial charge in [-0.05, 0) is 24.6 Å². The highest BCUT2D eigenvalue weighted by molar-refractivity contribution is 7.26. The van der Waals surface area contributed by atoms with Crippen LogP contribution in [0.2, 0.25) is 13.1 Å². The van der Waals surface area contributed by atoms with E-state index in [1.165, 1.54) is 10.8 Å². The lowest BCUT2D eigenvalue weighted by molar-refractivity contribution is 0.363. The Morgan fingerprint density at radius 2 is 2.00 bits per heavy atom. The minimum atomic E-state index is -1.88. The summed E-state index contributed by atoms with van der Waals surface area (Å²) in [5.74, 6) is 0.942. The van der Waals surface area contributed by atoms with Crippen molar-refractivity contribution in [3.63, 3.8) is 0 Å². The summed E-state index contributed by atoms with van der Waals surface area (Å²) in [6.07, 6.45) is 1.76. The van der Waals surface area contributed by atoms with Crippen LogP contribution in [0.5, 0.6) is 5.75 Å². The summed E-state index contributed by atoms with van der Waals surface area (Å²) >= 11 is 6.52. The molecular weight excluding hydrogens is 236 g/mol. The smallest absolute Gasteiger partial charge is 0.185 e. The molecule has 0 fully saturated rings. The summed E-state index contributed by atoms with van der Waals surface area (Å²) < 4.78 is 5.73. The molecule has 0 saturated heterocycles. The van der Waals surface area contributed by atoms with Crippen molar-refractivity contribution in [3.8, 4) is 5.75 Å². The maximum atomic E-state index is 6.52. The van der Waals surface area contributed by atoms with Crippen molar-refractivity contribution in [2.24, 2.45) is 0 Å². The van der Waals surface area contributed by atoms with Crippen molar-refractivity contribution in [3.05, 3.63) is 35.9 Å². The van der Waals surface area contributed by atoms with Crippen LogP contribution in [0.4, 0.5) is 0 Å². The minimum absolute atomic E-state index is 0.526. The Kier molecular flexibility index (Phi) is 4.22. The van der Waals surface area contributed by atoms with Crippen LogP contribution in [0.25, 0.3) is 0 Å². The van der Waals surface area contributed by atoms with Crippen molar-refractivity contribution in [1.29, 1.82) is 0 Å². The van der Waals surface area contributed by atoms with Crippen LogP contribution < -0.4 is 9.92 Å². The molecule has 3 heteroatoms. The van der Waals surface area contributed by atoms with E-state index in [2.05, 4.69) is 45.7 Å². The van der Waals surface area contributed by atoms with E-state index in [0.717, 1.165) is 11.3 Å². The van der Waals surface area contributed by atoms with Crippen LogP contribution in [0.15, 0.2) is 24.8 Å². The summed E-state index contributed by atoms with van der Waals surface area (Å²) in [5, 5.41) is 1.17. The third-order valence-corrected chi connectivity index (χ3v) is 4.67. The van der Waals surface area contributed by atoms with E-state index in [4.69, 9.17) is 15.8 Å². The molecule has 0 heterocycles. The van der Waals surface area contributed by atoms with E-state index in [0.29, 0.717) is 6.61 Å². The summed E-state index contributed by atoms with van der Waals surface area (Å²) in [7, 11) is -1.88. The maximum absolute atomic E-state index is 6.52. The summed E-state index contributed by atoms with van der Waals surface area (Å²) in [6.45, 7) is 12.6. The maximum Gasteiger partial charge on any atom is 0.185 e. The van der Waals surface area contributed by atoms with Gasteiger partial charge in [-0.15, -0.1) is 0 Å². The predicted octanol–water partition coefficient (Wildman–Crippen LogP) is 3.52. The molecule has 0 bridgehead atoms. The molecule has 1 rings (SSSR count). The van der Waals surface area contributed by atoms with E-state index in [1.807, 2.05) is 0 Å². The van der Waals surface area contributed by atoms with Crippen molar-refractivity contribution in [1.82, 2.24) is 0 Å². The SMILES string of the molecule is C=CCOc1c(C)cc(C)cc1[Si](C)(C)Cl. The predicted molar refractivity (Wildman–Crippen MR) is 74.6 cm³/mol. The standard InChI is InChI=1S/C13H19ClOSi/c1-6-7-15-13-11(3)8-10(2)9-12(13)16(4,5)14/h6,8-9H,1,7H2,2-5H3. The van der Waals surface area contributed by atoms with E-state index in [-0.39, 0.29) is 0 Å². The lowest BCUT2D eigenvalue weighted by Gasteiger charge is -2.21. The summed E-state index contributed by atoms with van der Waals surface area (Å²) in [5.41, 5.74) is 2.39. The molecule has 0 aliphatic heterocycles. The number of benzene rings is 1. The van der Waals surface area contributed by atoms with Gasteiger partial charge in [0.1, 0.15) is 12.4 Å². The molecule has 88 valence electrons. The lowest BCUT2D eigenvalue weighted by atomic mass is 10.1. The fraction of sp³-hybridized carbons (Fsp3) is 0.385. The Balaban J connectivity index is 3.26. The zero-order valence-corrected chi connectivity index (χ0v) is 12.2. The Labute approximate surface area is 104 Å². The second kappa shape index (κ2) is 5.06. The van der Waals surface area contributed by atoms with Crippen molar-refractivity contribution < 1.29 is 4.74 Å².